The minimum Gasteiger partial charge on any atom is -0.288 e. The zero-order valence-corrected chi connectivity index (χ0v) is 10.5. The number of halogens is 2. The number of hydrogen-bond acceptors (Lipinski definition) is 2. The molecular weight excluding hydrogens is 248 g/mol. The molecule has 5 heteroatoms. The van der Waals surface area contributed by atoms with Gasteiger partial charge in [-0.15, -0.1) is 0 Å². The maximum absolute atomic E-state index is 13.2. The molecule has 2 aromatic heterocycles. The van der Waals surface area contributed by atoms with Gasteiger partial charge in [0.2, 0.25) is 5.78 Å². The van der Waals surface area contributed by atoms with Crippen LogP contribution in [0.25, 0.3) is 17.0 Å². The number of hydrogen-bond donors (Lipinski definition) is 0. The highest BCUT2D eigenvalue weighted by Gasteiger charge is 2.10. The van der Waals surface area contributed by atoms with Gasteiger partial charge in [-0.05, 0) is 38.1 Å². The van der Waals surface area contributed by atoms with Crippen LogP contribution in [0.15, 0.2) is 30.5 Å². The van der Waals surface area contributed by atoms with E-state index in [1.54, 1.807) is 6.20 Å². The van der Waals surface area contributed by atoms with Gasteiger partial charge in [0.1, 0.15) is 0 Å². The van der Waals surface area contributed by atoms with Crippen molar-refractivity contribution in [2.24, 2.45) is 0 Å². The van der Waals surface area contributed by atoms with Crippen LogP contribution in [0.2, 0.25) is 0 Å². The van der Waals surface area contributed by atoms with Crippen LogP contribution in [0.4, 0.5) is 8.78 Å². The van der Waals surface area contributed by atoms with Gasteiger partial charge in [0.15, 0.2) is 11.6 Å². The third-order valence-electron chi connectivity index (χ3n) is 2.98. The molecule has 19 heavy (non-hydrogen) atoms. The molecule has 0 fully saturated rings. The average Bonchev–Trinajstić information content (AvgIpc) is 2.76. The monoisotopic (exact) mass is 259 g/mol. The van der Waals surface area contributed by atoms with Crippen LogP contribution in [0.3, 0.4) is 0 Å². The van der Waals surface area contributed by atoms with Crippen LogP contribution < -0.4 is 0 Å². The Morgan fingerprint density at radius 1 is 1.00 bits per heavy atom. The van der Waals surface area contributed by atoms with Crippen LogP contribution >= 0.6 is 0 Å². The second-order valence-electron chi connectivity index (χ2n) is 4.46. The Morgan fingerprint density at radius 3 is 2.53 bits per heavy atom. The first-order valence-corrected chi connectivity index (χ1v) is 5.83. The largest absolute Gasteiger partial charge is 0.288 e. The fraction of sp³-hybridized carbons (Fsp3) is 0.143. The molecule has 0 N–H and O–H groups in total. The number of benzene rings is 1. The van der Waals surface area contributed by atoms with E-state index in [-0.39, 0.29) is 0 Å². The van der Waals surface area contributed by atoms with E-state index in [0.29, 0.717) is 17.0 Å². The maximum atomic E-state index is 13.2. The lowest BCUT2D eigenvalue weighted by molar-refractivity contribution is 0.509. The highest BCUT2D eigenvalue weighted by molar-refractivity contribution is 5.61. The molecule has 0 atom stereocenters. The second kappa shape index (κ2) is 4.12. The summed E-state index contributed by atoms with van der Waals surface area (Å²) in [6.45, 7) is 3.83. The summed E-state index contributed by atoms with van der Waals surface area (Å²) in [5.41, 5.74) is 2.96. The van der Waals surface area contributed by atoms with Gasteiger partial charge in [-0.25, -0.2) is 18.7 Å². The van der Waals surface area contributed by atoms with Crippen molar-refractivity contribution in [2.45, 2.75) is 13.8 Å². The summed E-state index contributed by atoms with van der Waals surface area (Å²) < 4.78 is 28.0. The van der Waals surface area contributed by atoms with E-state index in [2.05, 4.69) is 9.97 Å². The van der Waals surface area contributed by atoms with Crippen molar-refractivity contribution < 1.29 is 8.78 Å². The Balaban J connectivity index is 2.20. The molecule has 0 bridgehead atoms. The Hall–Kier alpha value is -2.30. The van der Waals surface area contributed by atoms with Gasteiger partial charge in [-0.3, -0.25) is 4.40 Å². The molecule has 0 saturated heterocycles. The van der Waals surface area contributed by atoms with Gasteiger partial charge >= 0.3 is 0 Å². The Bertz CT molecular complexity index is 778. The van der Waals surface area contributed by atoms with Crippen molar-refractivity contribution >= 4 is 5.78 Å². The molecule has 3 nitrogen and oxygen atoms in total. The third kappa shape index (κ3) is 1.97. The molecule has 3 rings (SSSR count). The molecule has 0 radical (unpaired) electrons. The van der Waals surface area contributed by atoms with E-state index in [4.69, 9.17) is 0 Å². The molecule has 0 saturated carbocycles. The summed E-state index contributed by atoms with van der Waals surface area (Å²) in [7, 11) is 0. The number of nitrogens with zero attached hydrogens (tertiary/aromatic N) is 3. The van der Waals surface area contributed by atoms with Crippen LogP contribution in [0.1, 0.15) is 11.4 Å². The smallest absolute Gasteiger partial charge is 0.234 e. The van der Waals surface area contributed by atoms with E-state index in [0.717, 1.165) is 23.5 Å². The van der Waals surface area contributed by atoms with Gasteiger partial charge in [-0.2, -0.15) is 0 Å². The lowest BCUT2D eigenvalue weighted by atomic mass is 10.1. The first-order valence-electron chi connectivity index (χ1n) is 5.83. The van der Waals surface area contributed by atoms with E-state index in [1.807, 2.05) is 24.3 Å². The second-order valence-corrected chi connectivity index (χ2v) is 4.46. The van der Waals surface area contributed by atoms with E-state index < -0.39 is 11.6 Å². The predicted octanol–water partition coefficient (Wildman–Crippen LogP) is 3.29. The lowest BCUT2D eigenvalue weighted by Gasteiger charge is -1.99. The van der Waals surface area contributed by atoms with Crippen molar-refractivity contribution in [3.05, 3.63) is 53.5 Å². The molecule has 1 aromatic carbocycles. The highest BCUT2D eigenvalue weighted by atomic mass is 19.2. The standard InChI is InChI=1S/C14H11F2N3/c1-8-5-9(2)19-7-13(18-14(19)17-8)10-3-4-11(15)12(16)6-10/h3-7H,1-2H3. The summed E-state index contributed by atoms with van der Waals surface area (Å²) in [5.74, 6) is -1.19. The minimum absolute atomic E-state index is 0.529. The average molecular weight is 259 g/mol. The molecule has 96 valence electrons. The van der Waals surface area contributed by atoms with Crippen molar-refractivity contribution in [1.82, 2.24) is 14.4 Å². The molecule has 2 heterocycles. The highest BCUT2D eigenvalue weighted by Crippen LogP contribution is 2.21. The quantitative estimate of drug-likeness (QED) is 0.671. The summed E-state index contributed by atoms with van der Waals surface area (Å²) >= 11 is 0. The number of rotatable bonds is 1. The van der Waals surface area contributed by atoms with E-state index in [9.17, 15) is 8.78 Å². The van der Waals surface area contributed by atoms with Crippen molar-refractivity contribution in [3.63, 3.8) is 0 Å². The fourth-order valence-corrected chi connectivity index (χ4v) is 2.07. The fourth-order valence-electron chi connectivity index (χ4n) is 2.07. The number of imidazole rings is 1. The van der Waals surface area contributed by atoms with Crippen LogP contribution in [-0.2, 0) is 0 Å². The Kier molecular flexibility index (Phi) is 2.55. The van der Waals surface area contributed by atoms with Crippen LogP contribution in [0, 0.1) is 25.5 Å². The summed E-state index contributed by atoms with van der Waals surface area (Å²) in [6, 6.07) is 5.67. The third-order valence-corrected chi connectivity index (χ3v) is 2.98. The lowest BCUT2D eigenvalue weighted by Crippen LogP contribution is -1.94. The molecule has 3 aromatic rings. The van der Waals surface area contributed by atoms with Gasteiger partial charge in [0, 0.05) is 23.1 Å². The number of fused-ring (bicyclic) bond motifs is 1. The van der Waals surface area contributed by atoms with Gasteiger partial charge in [0.05, 0.1) is 5.69 Å². The molecule has 0 aliphatic carbocycles. The normalized spacial score (nSPS) is 11.2. The maximum Gasteiger partial charge on any atom is 0.234 e. The number of aryl methyl sites for hydroxylation is 2. The van der Waals surface area contributed by atoms with Gasteiger partial charge in [0.25, 0.3) is 0 Å². The topological polar surface area (TPSA) is 30.2 Å². The molecule has 0 spiro atoms. The first kappa shape index (κ1) is 11.8. The van der Waals surface area contributed by atoms with Gasteiger partial charge < -0.3 is 0 Å². The predicted molar refractivity (Wildman–Crippen MR) is 67.8 cm³/mol. The zero-order chi connectivity index (χ0) is 13.6. The van der Waals surface area contributed by atoms with E-state index >= 15 is 0 Å². The van der Waals surface area contributed by atoms with Crippen molar-refractivity contribution in [3.8, 4) is 11.3 Å². The number of aromatic nitrogens is 3. The molecule has 0 amide bonds. The van der Waals surface area contributed by atoms with Crippen molar-refractivity contribution in [2.75, 3.05) is 0 Å². The van der Waals surface area contributed by atoms with Crippen molar-refractivity contribution in [1.29, 1.82) is 0 Å². The minimum atomic E-state index is -0.879. The molecular formula is C14H11F2N3. The Labute approximate surface area is 108 Å². The van der Waals surface area contributed by atoms with Crippen LogP contribution in [-0.4, -0.2) is 14.4 Å². The summed E-state index contributed by atoms with van der Waals surface area (Å²) in [5, 5.41) is 0. The molecule has 0 aliphatic rings. The SMILES string of the molecule is Cc1cc(C)n2cc(-c3ccc(F)c(F)c3)nc2n1. The van der Waals surface area contributed by atoms with E-state index in [1.165, 1.54) is 6.07 Å². The summed E-state index contributed by atoms with van der Waals surface area (Å²) in [6.07, 6.45) is 1.77. The molecule has 0 aliphatic heterocycles. The first-order chi connectivity index (χ1) is 9.04. The summed E-state index contributed by atoms with van der Waals surface area (Å²) in [4.78, 5) is 8.64. The molecule has 0 unspecified atom stereocenters. The van der Waals surface area contributed by atoms with Gasteiger partial charge in [-0.1, -0.05) is 0 Å². The Morgan fingerprint density at radius 2 is 1.79 bits per heavy atom. The zero-order valence-electron chi connectivity index (χ0n) is 10.5. The van der Waals surface area contributed by atoms with Crippen LogP contribution in [0.5, 0.6) is 0 Å².